The summed E-state index contributed by atoms with van der Waals surface area (Å²) < 4.78 is 0. The first-order valence-corrected chi connectivity index (χ1v) is 4.20. The molecular formula is C12H12OOs. The predicted octanol–water partition coefficient (Wildman–Crippen LogP) is 2.15. The second kappa shape index (κ2) is 7.41. The molecule has 1 aliphatic carbocycles. The molecule has 0 atom stereocenters. The molecule has 1 aromatic rings. The number of allylic oxidation sites excluding steroid dienone is 6. The number of hydrogen-bond donors (Lipinski definition) is 0. The fourth-order valence-corrected chi connectivity index (χ4v) is 0.929. The van der Waals surface area contributed by atoms with E-state index in [9.17, 15) is 5.11 Å². The van der Waals surface area contributed by atoms with E-state index in [2.05, 4.69) is 0 Å². The van der Waals surface area contributed by atoms with E-state index >= 15 is 0 Å². The van der Waals surface area contributed by atoms with Crippen LogP contribution in [0.4, 0.5) is 0 Å². The maximum atomic E-state index is 10.5. The van der Waals surface area contributed by atoms with E-state index in [4.69, 9.17) is 0 Å². The fourth-order valence-electron chi connectivity index (χ4n) is 0.929. The Hall–Kier alpha value is -0.994. The second-order valence-corrected chi connectivity index (χ2v) is 2.69. The van der Waals surface area contributed by atoms with Gasteiger partial charge in [-0.2, -0.15) is 18.2 Å². The van der Waals surface area contributed by atoms with Crippen molar-refractivity contribution < 1.29 is 24.9 Å². The molecule has 74 valence electrons. The number of rotatable bonds is 0. The Morgan fingerprint density at radius 2 is 1.64 bits per heavy atom. The van der Waals surface area contributed by atoms with Crippen molar-refractivity contribution in [2.45, 2.75) is 6.92 Å². The molecule has 0 bridgehead atoms. The van der Waals surface area contributed by atoms with Gasteiger partial charge in [-0.15, -0.1) is 5.76 Å². The van der Waals surface area contributed by atoms with E-state index in [-0.39, 0.29) is 25.5 Å². The largest absolute Gasteiger partial charge is 2.00 e. The van der Waals surface area contributed by atoms with Crippen LogP contribution in [0.5, 0.6) is 0 Å². The maximum Gasteiger partial charge on any atom is 2.00 e. The first kappa shape index (κ1) is 13.0. The number of hydrogen-bond acceptors (Lipinski definition) is 1. The van der Waals surface area contributed by atoms with Crippen molar-refractivity contribution in [1.29, 1.82) is 0 Å². The van der Waals surface area contributed by atoms with E-state index in [1.807, 2.05) is 54.6 Å². The molecule has 0 fully saturated rings. The van der Waals surface area contributed by atoms with Crippen LogP contribution >= 0.6 is 0 Å². The van der Waals surface area contributed by atoms with E-state index in [1.54, 1.807) is 6.92 Å². The first-order chi connectivity index (χ1) is 6.30. The zero-order valence-electron chi connectivity index (χ0n) is 7.96. The Bertz CT molecular complexity index is 283. The van der Waals surface area contributed by atoms with Crippen LogP contribution in [0, 0.1) is 0 Å². The van der Waals surface area contributed by atoms with Gasteiger partial charge in [0.2, 0.25) is 0 Å². The summed E-state index contributed by atoms with van der Waals surface area (Å²) in [5, 5.41) is 10.5. The first-order valence-electron chi connectivity index (χ1n) is 4.20. The van der Waals surface area contributed by atoms with Gasteiger partial charge in [0, 0.05) is 0 Å². The van der Waals surface area contributed by atoms with E-state index in [0.717, 1.165) is 5.57 Å². The van der Waals surface area contributed by atoms with E-state index in [1.165, 1.54) is 0 Å². The van der Waals surface area contributed by atoms with Crippen LogP contribution in [0.1, 0.15) is 6.92 Å². The third-order valence-corrected chi connectivity index (χ3v) is 1.62. The van der Waals surface area contributed by atoms with Gasteiger partial charge in [0.05, 0.1) is 0 Å². The summed E-state index contributed by atoms with van der Waals surface area (Å²) in [6, 6.07) is 10.0. The van der Waals surface area contributed by atoms with Gasteiger partial charge in [-0.25, -0.2) is 12.1 Å². The van der Waals surface area contributed by atoms with Gasteiger partial charge in [-0.3, -0.25) is 0 Å². The van der Waals surface area contributed by atoms with Crippen molar-refractivity contribution in [1.82, 2.24) is 0 Å². The average molecular weight is 362 g/mol. The molecule has 0 N–H and O–H groups in total. The van der Waals surface area contributed by atoms with Gasteiger partial charge in [0.15, 0.2) is 0 Å². The van der Waals surface area contributed by atoms with Crippen LogP contribution in [-0.2, 0) is 19.8 Å². The minimum Gasteiger partial charge on any atom is -0.875 e. The zero-order chi connectivity index (χ0) is 9.52. The monoisotopic (exact) mass is 364 g/mol. The maximum absolute atomic E-state index is 10.5. The molecule has 1 nitrogen and oxygen atoms in total. The average Bonchev–Trinajstić information content (AvgIpc) is 2.82. The fraction of sp³-hybridized carbons (Fsp3) is 0.0833. The summed E-state index contributed by atoms with van der Waals surface area (Å²) in [6.45, 7) is 1.56. The predicted molar refractivity (Wildman–Crippen MR) is 53.0 cm³/mol. The molecule has 0 saturated carbocycles. The molecule has 0 aromatic heterocycles. The van der Waals surface area contributed by atoms with Crippen LogP contribution in [0.15, 0.2) is 66.0 Å². The Balaban J connectivity index is 0.000000246. The molecule has 0 aliphatic heterocycles. The summed E-state index contributed by atoms with van der Waals surface area (Å²) in [6.07, 6.45) is 7.33. The Morgan fingerprint density at radius 3 is 1.86 bits per heavy atom. The molecule has 2 rings (SSSR count). The van der Waals surface area contributed by atoms with Crippen LogP contribution in [0.2, 0.25) is 0 Å². The molecule has 2 heteroatoms. The molecule has 1 aliphatic rings. The van der Waals surface area contributed by atoms with Crippen molar-refractivity contribution >= 4 is 0 Å². The van der Waals surface area contributed by atoms with Crippen molar-refractivity contribution in [2.24, 2.45) is 0 Å². The Labute approximate surface area is 97.9 Å². The smallest absolute Gasteiger partial charge is 0.875 e. The van der Waals surface area contributed by atoms with Crippen LogP contribution < -0.4 is 5.11 Å². The topological polar surface area (TPSA) is 23.1 Å². The van der Waals surface area contributed by atoms with Crippen LogP contribution in [0.3, 0.4) is 0 Å². The SMILES string of the molecule is CC([O-])=C1C=CC=C1.[Os+2].c1cc[cH-]c1. The minimum atomic E-state index is 0. The van der Waals surface area contributed by atoms with Gasteiger partial charge < -0.3 is 5.11 Å². The third-order valence-electron chi connectivity index (χ3n) is 1.62. The van der Waals surface area contributed by atoms with Gasteiger partial charge >= 0.3 is 19.8 Å². The van der Waals surface area contributed by atoms with Crippen molar-refractivity contribution in [2.75, 3.05) is 0 Å². The van der Waals surface area contributed by atoms with E-state index in [0.29, 0.717) is 0 Å². The van der Waals surface area contributed by atoms with Gasteiger partial charge in [0.25, 0.3) is 0 Å². The van der Waals surface area contributed by atoms with Crippen molar-refractivity contribution in [3.05, 3.63) is 66.0 Å². The molecule has 1 aromatic carbocycles. The Morgan fingerprint density at radius 1 is 1.14 bits per heavy atom. The summed E-state index contributed by atoms with van der Waals surface area (Å²) >= 11 is 0. The molecule has 14 heavy (non-hydrogen) atoms. The van der Waals surface area contributed by atoms with Gasteiger partial charge in [-0.05, 0) is 5.57 Å². The zero-order valence-corrected chi connectivity index (χ0v) is 10.5. The van der Waals surface area contributed by atoms with Gasteiger partial charge in [0.1, 0.15) is 0 Å². The molecule has 0 saturated heterocycles. The molecule has 0 spiro atoms. The second-order valence-electron chi connectivity index (χ2n) is 2.69. The quantitative estimate of drug-likeness (QED) is 0.512. The third kappa shape index (κ3) is 4.89. The standard InChI is InChI=1S/C7H8O.C5H5.Os/c1-6(8)7-4-2-3-5-7;1-2-4-5-3-1;/h2-5,8H,1H3;1-5H;/q;-1;+2/p-1. The van der Waals surface area contributed by atoms with E-state index < -0.39 is 0 Å². The van der Waals surface area contributed by atoms with Crippen molar-refractivity contribution in [3.63, 3.8) is 0 Å². The molecule has 0 unspecified atom stereocenters. The van der Waals surface area contributed by atoms with Gasteiger partial charge in [-0.1, -0.05) is 31.2 Å². The minimum absolute atomic E-state index is 0. The summed E-state index contributed by atoms with van der Waals surface area (Å²) in [5.41, 5.74) is 0.796. The molecular weight excluding hydrogens is 350 g/mol. The normalized spacial score (nSPS) is 11.6. The molecule has 0 radical (unpaired) electrons. The Kier molecular flexibility index (Phi) is 6.89. The molecule has 0 heterocycles. The summed E-state index contributed by atoms with van der Waals surface area (Å²) in [4.78, 5) is 0. The van der Waals surface area contributed by atoms with Crippen LogP contribution in [-0.4, -0.2) is 0 Å². The van der Waals surface area contributed by atoms with Crippen molar-refractivity contribution in [3.8, 4) is 0 Å². The van der Waals surface area contributed by atoms with Crippen LogP contribution in [0.25, 0.3) is 0 Å². The molecule has 0 amide bonds. The summed E-state index contributed by atoms with van der Waals surface area (Å²) in [5.74, 6) is 0.134. The summed E-state index contributed by atoms with van der Waals surface area (Å²) in [7, 11) is 0.